The van der Waals surface area contributed by atoms with Gasteiger partial charge in [-0.15, -0.1) is 0 Å². The van der Waals surface area contributed by atoms with Crippen LogP contribution in [0.5, 0.6) is 0 Å². The van der Waals surface area contributed by atoms with Crippen LogP contribution in [0.15, 0.2) is 18.2 Å². The van der Waals surface area contributed by atoms with Gasteiger partial charge >= 0.3 is 0 Å². The van der Waals surface area contributed by atoms with Gasteiger partial charge in [0.1, 0.15) is 0 Å². The molecule has 16 heavy (non-hydrogen) atoms. The lowest BCUT2D eigenvalue weighted by atomic mass is 10.0. The first-order valence-corrected chi connectivity index (χ1v) is 5.41. The maximum Gasteiger partial charge on any atom is 0.0992 e. The lowest BCUT2D eigenvalue weighted by Gasteiger charge is -2.28. The normalized spacial score (nSPS) is 13.0. The third-order valence-corrected chi connectivity index (χ3v) is 2.84. The minimum atomic E-state index is -0.836. The van der Waals surface area contributed by atoms with E-state index in [2.05, 4.69) is 5.32 Å². The molecule has 0 aromatic heterocycles. The molecule has 1 aromatic rings. The van der Waals surface area contributed by atoms with Crippen molar-refractivity contribution in [1.29, 1.82) is 5.26 Å². The number of hydrogen-bond acceptors (Lipinski definition) is 3. The van der Waals surface area contributed by atoms with E-state index in [0.717, 1.165) is 5.69 Å². The molecule has 1 aromatic carbocycles. The molecule has 1 rings (SSSR count). The number of anilines is 1. The second-order valence-electron chi connectivity index (χ2n) is 4.33. The Kier molecular flexibility index (Phi) is 3.79. The van der Waals surface area contributed by atoms with E-state index in [9.17, 15) is 5.11 Å². The first-order valence-electron chi connectivity index (χ1n) is 5.03. The minimum absolute atomic E-state index is 0.141. The summed E-state index contributed by atoms with van der Waals surface area (Å²) in [5, 5.41) is 22.1. The molecular formula is C12H15ClN2O. The average Bonchev–Trinajstić information content (AvgIpc) is 2.19. The minimum Gasteiger partial charge on any atom is -0.388 e. The molecule has 4 heteroatoms. The third kappa shape index (κ3) is 3.13. The Balaban J connectivity index is 2.88. The molecule has 0 heterocycles. The molecule has 1 atom stereocenters. The Hall–Kier alpha value is -1.24. The van der Waals surface area contributed by atoms with E-state index in [-0.39, 0.29) is 6.04 Å². The van der Waals surface area contributed by atoms with Crippen LogP contribution in [0.3, 0.4) is 0 Å². The fourth-order valence-corrected chi connectivity index (χ4v) is 1.35. The number of benzene rings is 1. The van der Waals surface area contributed by atoms with Gasteiger partial charge in [0, 0.05) is 0 Å². The summed E-state index contributed by atoms with van der Waals surface area (Å²) in [4.78, 5) is 0. The Morgan fingerprint density at radius 1 is 1.50 bits per heavy atom. The van der Waals surface area contributed by atoms with Crippen molar-refractivity contribution in [3.8, 4) is 6.07 Å². The van der Waals surface area contributed by atoms with Gasteiger partial charge in [-0.2, -0.15) is 5.26 Å². The zero-order chi connectivity index (χ0) is 12.3. The van der Waals surface area contributed by atoms with E-state index in [1.54, 1.807) is 32.0 Å². The van der Waals surface area contributed by atoms with Crippen molar-refractivity contribution in [3.05, 3.63) is 28.8 Å². The number of halogens is 1. The molecule has 0 fully saturated rings. The Morgan fingerprint density at radius 3 is 2.56 bits per heavy atom. The summed E-state index contributed by atoms with van der Waals surface area (Å²) in [6.45, 7) is 5.32. The SMILES string of the molecule is C[C@@H](Nc1ccc(C#N)cc1Cl)C(C)(C)O. The van der Waals surface area contributed by atoms with E-state index >= 15 is 0 Å². The Morgan fingerprint density at radius 2 is 2.12 bits per heavy atom. The zero-order valence-corrected chi connectivity index (χ0v) is 10.3. The number of nitrogens with zero attached hydrogens (tertiary/aromatic N) is 1. The summed E-state index contributed by atoms with van der Waals surface area (Å²) in [6, 6.07) is 6.90. The molecule has 86 valence electrons. The van der Waals surface area contributed by atoms with Crippen molar-refractivity contribution in [2.45, 2.75) is 32.4 Å². The maximum absolute atomic E-state index is 9.78. The molecule has 0 aliphatic heterocycles. The highest BCUT2D eigenvalue weighted by Gasteiger charge is 2.22. The van der Waals surface area contributed by atoms with Crippen molar-refractivity contribution in [2.24, 2.45) is 0 Å². The molecule has 0 amide bonds. The monoisotopic (exact) mass is 238 g/mol. The van der Waals surface area contributed by atoms with Crippen LogP contribution in [0.25, 0.3) is 0 Å². The van der Waals surface area contributed by atoms with Gasteiger partial charge in [0.05, 0.1) is 34.0 Å². The first-order chi connectivity index (χ1) is 7.34. The van der Waals surface area contributed by atoms with Crippen LogP contribution in [-0.4, -0.2) is 16.7 Å². The number of aliphatic hydroxyl groups is 1. The zero-order valence-electron chi connectivity index (χ0n) is 9.58. The number of hydrogen-bond donors (Lipinski definition) is 2. The smallest absolute Gasteiger partial charge is 0.0992 e. The molecular weight excluding hydrogens is 224 g/mol. The molecule has 0 unspecified atom stereocenters. The molecule has 0 radical (unpaired) electrons. The summed E-state index contributed by atoms with van der Waals surface area (Å²) in [5.74, 6) is 0. The Labute approximate surface area is 101 Å². The second-order valence-corrected chi connectivity index (χ2v) is 4.73. The molecule has 0 spiro atoms. The van der Waals surface area contributed by atoms with Gasteiger partial charge in [0.25, 0.3) is 0 Å². The second kappa shape index (κ2) is 4.73. The van der Waals surface area contributed by atoms with Crippen molar-refractivity contribution in [1.82, 2.24) is 0 Å². The lowest BCUT2D eigenvalue weighted by Crippen LogP contribution is -2.39. The van der Waals surface area contributed by atoms with Gasteiger partial charge in [0.15, 0.2) is 0 Å². The highest BCUT2D eigenvalue weighted by atomic mass is 35.5. The molecule has 0 bridgehead atoms. The van der Waals surface area contributed by atoms with E-state index < -0.39 is 5.60 Å². The van der Waals surface area contributed by atoms with Crippen LogP contribution in [-0.2, 0) is 0 Å². The summed E-state index contributed by atoms with van der Waals surface area (Å²) in [5.41, 5.74) is 0.402. The predicted octanol–water partition coefficient (Wildman–Crippen LogP) is 2.78. The molecule has 0 saturated heterocycles. The standard InChI is InChI=1S/C12H15ClN2O/c1-8(12(2,3)16)15-11-5-4-9(7-14)6-10(11)13/h4-6,8,15-16H,1-3H3/t8-/m1/s1. The highest BCUT2D eigenvalue weighted by Crippen LogP contribution is 2.25. The summed E-state index contributed by atoms with van der Waals surface area (Å²) >= 11 is 6.01. The van der Waals surface area contributed by atoms with Crippen LogP contribution in [0.2, 0.25) is 5.02 Å². The van der Waals surface area contributed by atoms with Gasteiger partial charge in [-0.05, 0) is 39.0 Å². The molecule has 3 nitrogen and oxygen atoms in total. The summed E-state index contributed by atoms with van der Waals surface area (Å²) in [6.07, 6.45) is 0. The van der Waals surface area contributed by atoms with Crippen molar-refractivity contribution >= 4 is 17.3 Å². The predicted molar refractivity (Wildman–Crippen MR) is 65.5 cm³/mol. The van der Waals surface area contributed by atoms with Gasteiger partial charge in [0.2, 0.25) is 0 Å². The van der Waals surface area contributed by atoms with Crippen LogP contribution in [0, 0.1) is 11.3 Å². The average molecular weight is 239 g/mol. The van der Waals surface area contributed by atoms with Crippen LogP contribution >= 0.6 is 11.6 Å². The molecule has 0 aliphatic rings. The lowest BCUT2D eigenvalue weighted by molar-refractivity contribution is 0.0649. The van der Waals surface area contributed by atoms with E-state index in [1.807, 2.05) is 13.0 Å². The molecule has 0 saturated carbocycles. The maximum atomic E-state index is 9.78. The van der Waals surface area contributed by atoms with Crippen molar-refractivity contribution < 1.29 is 5.11 Å². The third-order valence-electron chi connectivity index (χ3n) is 2.53. The molecule has 0 aliphatic carbocycles. The summed E-state index contributed by atoms with van der Waals surface area (Å²) in [7, 11) is 0. The van der Waals surface area contributed by atoms with Crippen LogP contribution in [0.4, 0.5) is 5.69 Å². The topological polar surface area (TPSA) is 56.0 Å². The van der Waals surface area contributed by atoms with E-state index in [4.69, 9.17) is 16.9 Å². The van der Waals surface area contributed by atoms with Gasteiger partial charge in [-0.1, -0.05) is 11.6 Å². The van der Waals surface area contributed by atoms with Gasteiger partial charge in [-0.25, -0.2) is 0 Å². The van der Waals surface area contributed by atoms with Crippen LogP contribution in [0.1, 0.15) is 26.3 Å². The van der Waals surface area contributed by atoms with Crippen molar-refractivity contribution in [3.63, 3.8) is 0 Å². The largest absolute Gasteiger partial charge is 0.388 e. The number of nitriles is 1. The first kappa shape index (κ1) is 12.8. The van der Waals surface area contributed by atoms with Gasteiger partial charge < -0.3 is 10.4 Å². The van der Waals surface area contributed by atoms with Crippen molar-refractivity contribution in [2.75, 3.05) is 5.32 Å². The summed E-state index contributed by atoms with van der Waals surface area (Å²) < 4.78 is 0. The Bertz CT molecular complexity index is 418. The number of rotatable bonds is 3. The van der Waals surface area contributed by atoms with E-state index in [1.165, 1.54) is 0 Å². The van der Waals surface area contributed by atoms with Crippen LogP contribution < -0.4 is 5.32 Å². The number of nitrogens with one attached hydrogen (secondary N) is 1. The molecule has 2 N–H and O–H groups in total. The fraction of sp³-hybridized carbons (Fsp3) is 0.417. The van der Waals surface area contributed by atoms with Gasteiger partial charge in [-0.3, -0.25) is 0 Å². The quantitative estimate of drug-likeness (QED) is 0.852. The van der Waals surface area contributed by atoms with E-state index in [0.29, 0.717) is 10.6 Å². The fourth-order valence-electron chi connectivity index (χ4n) is 1.11. The highest BCUT2D eigenvalue weighted by molar-refractivity contribution is 6.33.